The van der Waals surface area contributed by atoms with Gasteiger partial charge in [-0.15, -0.1) is 6.58 Å². The molecule has 0 bridgehead atoms. The molecule has 1 aromatic heterocycles. The smallest absolute Gasteiger partial charge is 0.166 e. The first-order chi connectivity index (χ1) is 10.4. The van der Waals surface area contributed by atoms with E-state index in [0.717, 1.165) is 33.4 Å². The molecule has 0 unspecified atom stereocenters. The first-order valence-electron chi connectivity index (χ1n) is 6.83. The predicted octanol–water partition coefficient (Wildman–Crippen LogP) is 5.02. The topological polar surface area (TPSA) is 28.7 Å². The van der Waals surface area contributed by atoms with Gasteiger partial charge in [0.2, 0.25) is 0 Å². The molecule has 2 aromatic carbocycles. The van der Waals surface area contributed by atoms with Crippen LogP contribution in [0.1, 0.15) is 0 Å². The van der Waals surface area contributed by atoms with E-state index in [9.17, 15) is 0 Å². The molecule has 0 saturated carbocycles. The minimum absolute atomic E-state index is 0.843. The lowest BCUT2D eigenvalue weighted by Crippen LogP contribution is -1.82. The number of nitrogens with zero attached hydrogens (tertiary/aromatic N) is 1. The number of hydrogen-bond acceptors (Lipinski definition) is 2. The molecule has 0 radical (unpaired) electrons. The molecule has 2 nitrogen and oxygen atoms in total. The van der Waals surface area contributed by atoms with E-state index in [0.29, 0.717) is 0 Å². The molecule has 1 N–H and O–H groups in total. The second kappa shape index (κ2) is 6.46. The molecule has 0 fully saturated rings. The number of thioether (sulfide) groups is 1. The van der Waals surface area contributed by atoms with E-state index in [1.807, 2.05) is 42.5 Å². The molecular formula is C18H16N2S. The molecule has 0 spiro atoms. The molecule has 0 amide bonds. The van der Waals surface area contributed by atoms with Gasteiger partial charge in [0, 0.05) is 16.9 Å². The summed E-state index contributed by atoms with van der Waals surface area (Å²) >= 11 is 1.66. The standard InChI is InChI=1S/C18H16N2S/c1-2-13-21-18-19-16(14-9-5-3-6-10-14)17(20-18)15-11-7-4-8-12-15/h2-12H,1,13H2,(H,19,20). The fourth-order valence-corrected chi connectivity index (χ4v) is 2.78. The van der Waals surface area contributed by atoms with Crippen molar-refractivity contribution in [3.8, 4) is 22.5 Å². The molecule has 0 saturated heterocycles. The van der Waals surface area contributed by atoms with Crippen molar-refractivity contribution in [3.05, 3.63) is 73.3 Å². The van der Waals surface area contributed by atoms with Gasteiger partial charge in [0.15, 0.2) is 5.16 Å². The Morgan fingerprint density at radius 3 is 2.19 bits per heavy atom. The number of hydrogen-bond donors (Lipinski definition) is 1. The van der Waals surface area contributed by atoms with Crippen LogP contribution in [0.25, 0.3) is 22.5 Å². The lowest BCUT2D eigenvalue weighted by atomic mass is 10.1. The summed E-state index contributed by atoms with van der Waals surface area (Å²) < 4.78 is 0. The highest BCUT2D eigenvalue weighted by Gasteiger charge is 2.13. The maximum Gasteiger partial charge on any atom is 0.166 e. The van der Waals surface area contributed by atoms with Crippen molar-refractivity contribution >= 4 is 11.8 Å². The molecule has 0 aliphatic rings. The Hall–Kier alpha value is -2.26. The molecule has 1 heterocycles. The van der Waals surface area contributed by atoms with E-state index in [1.165, 1.54) is 0 Å². The number of aromatic amines is 1. The number of H-pyrrole nitrogens is 1. The predicted molar refractivity (Wildman–Crippen MR) is 90.4 cm³/mol. The van der Waals surface area contributed by atoms with Gasteiger partial charge in [-0.25, -0.2) is 4.98 Å². The van der Waals surface area contributed by atoms with Crippen molar-refractivity contribution in [2.45, 2.75) is 5.16 Å². The number of rotatable bonds is 5. The van der Waals surface area contributed by atoms with Crippen LogP contribution in [0.15, 0.2) is 78.5 Å². The van der Waals surface area contributed by atoms with E-state index in [1.54, 1.807) is 11.8 Å². The highest BCUT2D eigenvalue weighted by Crippen LogP contribution is 2.32. The van der Waals surface area contributed by atoms with Crippen LogP contribution < -0.4 is 0 Å². The van der Waals surface area contributed by atoms with Crippen LogP contribution in [0.5, 0.6) is 0 Å². The van der Waals surface area contributed by atoms with Crippen LogP contribution in [-0.4, -0.2) is 15.7 Å². The molecule has 0 aliphatic heterocycles. The summed E-state index contributed by atoms with van der Waals surface area (Å²) in [6.07, 6.45) is 1.89. The Morgan fingerprint density at radius 1 is 0.952 bits per heavy atom. The maximum absolute atomic E-state index is 4.75. The summed E-state index contributed by atoms with van der Waals surface area (Å²) in [4.78, 5) is 8.19. The Bertz CT molecular complexity index is 660. The van der Waals surface area contributed by atoms with Crippen molar-refractivity contribution in [1.82, 2.24) is 9.97 Å². The molecule has 0 aliphatic carbocycles. The van der Waals surface area contributed by atoms with Gasteiger partial charge in [0.05, 0.1) is 11.4 Å². The summed E-state index contributed by atoms with van der Waals surface area (Å²) in [7, 11) is 0. The number of aromatic nitrogens is 2. The fraction of sp³-hybridized carbons (Fsp3) is 0.0556. The first kappa shape index (κ1) is 13.7. The van der Waals surface area contributed by atoms with E-state index < -0.39 is 0 Å². The van der Waals surface area contributed by atoms with Crippen LogP contribution >= 0.6 is 11.8 Å². The third-order valence-corrected chi connectivity index (χ3v) is 4.00. The molecule has 0 atom stereocenters. The number of benzene rings is 2. The highest BCUT2D eigenvalue weighted by molar-refractivity contribution is 7.99. The summed E-state index contributed by atoms with van der Waals surface area (Å²) in [5.74, 6) is 0.843. The van der Waals surface area contributed by atoms with Gasteiger partial charge in [-0.3, -0.25) is 0 Å². The number of imidazole rings is 1. The lowest BCUT2D eigenvalue weighted by Gasteiger charge is -2.02. The van der Waals surface area contributed by atoms with Gasteiger partial charge < -0.3 is 4.98 Å². The largest absolute Gasteiger partial charge is 0.332 e. The Morgan fingerprint density at radius 2 is 1.57 bits per heavy atom. The molecule has 21 heavy (non-hydrogen) atoms. The summed E-state index contributed by atoms with van der Waals surface area (Å²) in [5, 5.41) is 0.924. The summed E-state index contributed by atoms with van der Waals surface area (Å²) in [5.41, 5.74) is 4.33. The average molecular weight is 292 g/mol. The Labute approximate surface area is 129 Å². The second-order valence-electron chi connectivity index (χ2n) is 4.60. The first-order valence-corrected chi connectivity index (χ1v) is 7.81. The van der Waals surface area contributed by atoms with Crippen molar-refractivity contribution in [3.63, 3.8) is 0 Å². The third kappa shape index (κ3) is 3.09. The zero-order chi connectivity index (χ0) is 14.5. The van der Waals surface area contributed by atoms with Crippen LogP contribution in [0.2, 0.25) is 0 Å². The average Bonchev–Trinajstić information content (AvgIpc) is 2.99. The molecule has 104 valence electrons. The van der Waals surface area contributed by atoms with Gasteiger partial charge in [-0.1, -0.05) is 78.5 Å². The van der Waals surface area contributed by atoms with Crippen molar-refractivity contribution in [2.75, 3.05) is 5.75 Å². The second-order valence-corrected chi connectivity index (χ2v) is 5.61. The van der Waals surface area contributed by atoms with Crippen molar-refractivity contribution < 1.29 is 0 Å². The maximum atomic E-state index is 4.75. The van der Waals surface area contributed by atoms with Crippen LogP contribution in [-0.2, 0) is 0 Å². The van der Waals surface area contributed by atoms with Gasteiger partial charge in [0.1, 0.15) is 0 Å². The monoisotopic (exact) mass is 292 g/mol. The fourth-order valence-electron chi connectivity index (χ4n) is 2.18. The van der Waals surface area contributed by atoms with Crippen molar-refractivity contribution in [1.29, 1.82) is 0 Å². The SMILES string of the molecule is C=CCSc1nc(-c2ccccc2)c(-c2ccccc2)[nH]1. The van der Waals surface area contributed by atoms with E-state index in [-0.39, 0.29) is 0 Å². The zero-order valence-electron chi connectivity index (χ0n) is 11.6. The quantitative estimate of drug-likeness (QED) is 0.528. The highest BCUT2D eigenvalue weighted by atomic mass is 32.2. The normalized spacial score (nSPS) is 10.5. The van der Waals surface area contributed by atoms with Gasteiger partial charge in [-0.2, -0.15) is 0 Å². The Kier molecular flexibility index (Phi) is 4.22. The molecule has 3 heteroatoms. The van der Waals surface area contributed by atoms with Crippen LogP contribution in [0, 0.1) is 0 Å². The lowest BCUT2D eigenvalue weighted by molar-refractivity contribution is 1.06. The molecular weight excluding hydrogens is 276 g/mol. The molecule has 3 rings (SSSR count). The van der Waals surface area contributed by atoms with Gasteiger partial charge >= 0.3 is 0 Å². The summed E-state index contributed by atoms with van der Waals surface area (Å²) in [6.45, 7) is 3.76. The van der Waals surface area contributed by atoms with E-state index >= 15 is 0 Å². The van der Waals surface area contributed by atoms with Crippen LogP contribution in [0.3, 0.4) is 0 Å². The van der Waals surface area contributed by atoms with Gasteiger partial charge in [-0.05, 0) is 0 Å². The minimum atomic E-state index is 0.843. The van der Waals surface area contributed by atoms with Crippen molar-refractivity contribution in [2.24, 2.45) is 0 Å². The van der Waals surface area contributed by atoms with Gasteiger partial charge in [0.25, 0.3) is 0 Å². The number of nitrogens with one attached hydrogen (secondary N) is 1. The minimum Gasteiger partial charge on any atom is -0.332 e. The zero-order valence-corrected chi connectivity index (χ0v) is 12.4. The third-order valence-electron chi connectivity index (χ3n) is 3.13. The Balaban J connectivity index is 2.08. The van der Waals surface area contributed by atoms with Crippen LogP contribution in [0.4, 0.5) is 0 Å². The van der Waals surface area contributed by atoms with E-state index in [2.05, 4.69) is 35.8 Å². The summed E-state index contributed by atoms with van der Waals surface area (Å²) in [6, 6.07) is 20.6. The van der Waals surface area contributed by atoms with E-state index in [4.69, 9.17) is 4.98 Å². The molecule has 3 aromatic rings.